The number of hydrazone groups is 1. The van der Waals surface area contributed by atoms with Crippen LogP contribution in [0.25, 0.3) is 0 Å². The van der Waals surface area contributed by atoms with Crippen LogP contribution in [0.15, 0.2) is 17.2 Å². The number of nitrogens with zero attached hydrogens (tertiary/aromatic N) is 1. The lowest BCUT2D eigenvalue weighted by Gasteiger charge is -2.14. The minimum absolute atomic E-state index is 0.540. The van der Waals surface area contributed by atoms with Crippen LogP contribution >= 0.6 is 22.6 Å². The molecule has 0 radical (unpaired) electrons. The fraction of sp³-hybridized carbons (Fsp3) is 0.385. The van der Waals surface area contributed by atoms with Gasteiger partial charge >= 0.3 is 6.03 Å². The summed E-state index contributed by atoms with van der Waals surface area (Å²) in [5.41, 5.74) is 7.87. The number of benzene rings is 1. The molecule has 6 nitrogen and oxygen atoms in total. The second-order valence-electron chi connectivity index (χ2n) is 3.85. The third kappa shape index (κ3) is 5.24. The zero-order valence-corrected chi connectivity index (χ0v) is 13.6. The topological polar surface area (TPSA) is 85.9 Å². The number of hydrogen-bond donors (Lipinski definition) is 2. The molecule has 3 N–H and O–H groups in total. The predicted molar refractivity (Wildman–Crippen MR) is 86.4 cm³/mol. The van der Waals surface area contributed by atoms with Crippen LogP contribution in [0.4, 0.5) is 4.79 Å². The zero-order valence-electron chi connectivity index (χ0n) is 11.5. The van der Waals surface area contributed by atoms with Gasteiger partial charge in [-0.1, -0.05) is 6.92 Å². The second-order valence-corrected chi connectivity index (χ2v) is 5.01. The molecule has 0 aliphatic rings. The highest BCUT2D eigenvalue weighted by Gasteiger charge is 2.11. The molecule has 0 fully saturated rings. The molecule has 0 unspecified atom stereocenters. The molecular formula is C13H18IN3O3. The Morgan fingerprint density at radius 3 is 2.80 bits per heavy atom. The molecule has 7 heteroatoms. The fourth-order valence-corrected chi connectivity index (χ4v) is 2.22. The summed E-state index contributed by atoms with van der Waals surface area (Å²) in [7, 11) is 0. The Morgan fingerprint density at radius 1 is 1.45 bits per heavy atom. The van der Waals surface area contributed by atoms with Crippen molar-refractivity contribution in [3.63, 3.8) is 0 Å². The normalized spacial score (nSPS) is 10.6. The molecular weight excluding hydrogens is 373 g/mol. The number of nitrogens with one attached hydrogen (secondary N) is 1. The Balaban J connectivity index is 2.99. The molecule has 0 saturated carbocycles. The standard InChI is InChI=1S/C13H18IN3O3/c1-3-5-20-12-10(14)6-9(7-11(12)19-4-2)8-16-17-13(15)18/h6-8H,3-5H2,1-2H3,(H3,15,17,18)/b16-8-. The number of ether oxygens (including phenoxy) is 2. The number of carbonyl (C=O) groups excluding carboxylic acids is 1. The molecule has 0 aliphatic carbocycles. The van der Waals surface area contributed by atoms with E-state index in [0.717, 1.165) is 21.3 Å². The van der Waals surface area contributed by atoms with Gasteiger partial charge in [-0.05, 0) is 53.6 Å². The average molecular weight is 391 g/mol. The maximum atomic E-state index is 10.5. The highest BCUT2D eigenvalue weighted by atomic mass is 127. The second kappa shape index (κ2) is 8.62. The third-order valence-corrected chi connectivity index (χ3v) is 2.97. The number of nitrogens with two attached hydrogens (primary N) is 1. The minimum Gasteiger partial charge on any atom is -0.490 e. The van der Waals surface area contributed by atoms with Crippen molar-refractivity contribution in [2.24, 2.45) is 10.8 Å². The SMILES string of the molecule is CCCOc1c(I)cc(/C=N\NC(N)=O)cc1OCC. The van der Waals surface area contributed by atoms with E-state index < -0.39 is 6.03 Å². The summed E-state index contributed by atoms with van der Waals surface area (Å²) in [5, 5.41) is 3.73. The molecule has 0 atom stereocenters. The Morgan fingerprint density at radius 2 is 2.20 bits per heavy atom. The monoisotopic (exact) mass is 391 g/mol. The van der Waals surface area contributed by atoms with E-state index in [2.05, 4.69) is 33.1 Å². The van der Waals surface area contributed by atoms with Crippen molar-refractivity contribution in [2.75, 3.05) is 13.2 Å². The summed E-state index contributed by atoms with van der Waals surface area (Å²) in [6, 6.07) is 2.99. The van der Waals surface area contributed by atoms with Crippen molar-refractivity contribution in [3.05, 3.63) is 21.3 Å². The summed E-state index contributed by atoms with van der Waals surface area (Å²) < 4.78 is 12.2. The molecule has 0 saturated heterocycles. The number of urea groups is 1. The molecule has 0 heterocycles. The van der Waals surface area contributed by atoms with Crippen molar-refractivity contribution in [1.82, 2.24) is 5.43 Å². The van der Waals surface area contributed by atoms with Gasteiger partial charge in [0.1, 0.15) is 0 Å². The first kappa shape index (κ1) is 16.5. The highest BCUT2D eigenvalue weighted by Crippen LogP contribution is 2.34. The number of carbonyl (C=O) groups is 1. The third-order valence-electron chi connectivity index (χ3n) is 2.17. The first-order valence-corrected chi connectivity index (χ1v) is 7.34. The van der Waals surface area contributed by atoms with Gasteiger partial charge in [0, 0.05) is 0 Å². The number of halogens is 1. The molecule has 0 aromatic heterocycles. The van der Waals surface area contributed by atoms with Gasteiger partial charge in [0.25, 0.3) is 0 Å². The first-order valence-electron chi connectivity index (χ1n) is 6.26. The van der Waals surface area contributed by atoms with Crippen LogP contribution in [0.1, 0.15) is 25.8 Å². The maximum absolute atomic E-state index is 10.5. The Kier molecular flexibility index (Phi) is 7.13. The van der Waals surface area contributed by atoms with Crippen LogP contribution in [0, 0.1) is 3.57 Å². The van der Waals surface area contributed by atoms with E-state index in [0.29, 0.717) is 19.0 Å². The Labute approximate surface area is 131 Å². The van der Waals surface area contributed by atoms with E-state index in [1.165, 1.54) is 6.21 Å². The van der Waals surface area contributed by atoms with Crippen molar-refractivity contribution in [3.8, 4) is 11.5 Å². The summed E-state index contributed by atoms with van der Waals surface area (Å²) in [6.45, 7) is 5.13. The van der Waals surface area contributed by atoms with Crippen molar-refractivity contribution in [2.45, 2.75) is 20.3 Å². The molecule has 20 heavy (non-hydrogen) atoms. The molecule has 0 bridgehead atoms. The van der Waals surface area contributed by atoms with E-state index >= 15 is 0 Å². The molecule has 2 amide bonds. The van der Waals surface area contributed by atoms with E-state index in [4.69, 9.17) is 15.2 Å². The average Bonchev–Trinajstić information content (AvgIpc) is 2.38. The molecule has 0 spiro atoms. The lowest BCUT2D eigenvalue weighted by Crippen LogP contribution is -2.24. The van der Waals surface area contributed by atoms with Crippen molar-refractivity contribution >= 4 is 34.8 Å². The number of rotatable bonds is 7. The largest absolute Gasteiger partial charge is 0.490 e. The number of hydrogen-bond acceptors (Lipinski definition) is 4. The van der Waals surface area contributed by atoms with Crippen LogP contribution in [0.5, 0.6) is 11.5 Å². The van der Waals surface area contributed by atoms with Crippen molar-refractivity contribution in [1.29, 1.82) is 0 Å². The lowest BCUT2D eigenvalue weighted by molar-refractivity contribution is 0.249. The van der Waals surface area contributed by atoms with Gasteiger partial charge in [0.15, 0.2) is 11.5 Å². The van der Waals surface area contributed by atoms with E-state index in [9.17, 15) is 4.79 Å². The quantitative estimate of drug-likeness (QED) is 0.426. The molecule has 1 aromatic carbocycles. The Bertz CT molecular complexity index is 492. The Hall–Kier alpha value is -1.51. The van der Waals surface area contributed by atoms with Gasteiger partial charge in [-0.15, -0.1) is 0 Å². The van der Waals surface area contributed by atoms with E-state index in [-0.39, 0.29) is 0 Å². The smallest absolute Gasteiger partial charge is 0.332 e. The number of primary amides is 1. The molecule has 1 aromatic rings. The molecule has 0 aliphatic heterocycles. The maximum Gasteiger partial charge on any atom is 0.332 e. The fourth-order valence-electron chi connectivity index (χ4n) is 1.44. The van der Waals surface area contributed by atoms with Crippen LogP contribution in [0.2, 0.25) is 0 Å². The van der Waals surface area contributed by atoms with E-state index in [1.807, 2.05) is 26.0 Å². The van der Waals surface area contributed by atoms with Gasteiger partial charge in [0.05, 0.1) is 23.0 Å². The van der Waals surface area contributed by atoms with Gasteiger partial charge in [-0.2, -0.15) is 5.10 Å². The van der Waals surface area contributed by atoms with Crippen LogP contribution < -0.4 is 20.6 Å². The van der Waals surface area contributed by atoms with Crippen LogP contribution in [0.3, 0.4) is 0 Å². The summed E-state index contributed by atoms with van der Waals surface area (Å²) in [6.07, 6.45) is 2.42. The first-order chi connectivity index (χ1) is 9.58. The zero-order chi connectivity index (χ0) is 15.0. The highest BCUT2D eigenvalue weighted by molar-refractivity contribution is 14.1. The lowest BCUT2D eigenvalue weighted by atomic mass is 10.2. The predicted octanol–water partition coefficient (Wildman–Crippen LogP) is 2.48. The van der Waals surface area contributed by atoms with Crippen LogP contribution in [-0.4, -0.2) is 25.5 Å². The minimum atomic E-state index is -0.705. The summed E-state index contributed by atoms with van der Waals surface area (Å²) >= 11 is 2.18. The summed E-state index contributed by atoms with van der Waals surface area (Å²) in [5.74, 6) is 1.39. The molecule has 1 rings (SSSR count). The van der Waals surface area contributed by atoms with Gasteiger partial charge in [-0.3, -0.25) is 0 Å². The molecule has 110 valence electrons. The van der Waals surface area contributed by atoms with Gasteiger partial charge in [0.2, 0.25) is 0 Å². The van der Waals surface area contributed by atoms with Gasteiger partial charge < -0.3 is 15.2 Å². The van der Waals surface area contributed by atoms with Crippen molar-refractivity contribution < 1.29 is 14.3 Å². The van der Waals surface area contributed by atoms with Crippen LogP contribution in [-0.2, 0) is 0 Å². The summed E-state index contributed by atoms with van der Waals surface area (Å²) in [4.78, 5) is 10.5. The van der Waals surface area contributed by atoms with Gasteiger partial charge in [-0.25, -0.2) is 10.2 Å². The van der Waals surface area contributed by atoms with E-state index in [1.54, 1.807) is 0 Å². The number of amides is 2.